The molecule has 1 amide bonds. The highest BCUT2D eigenvalue weighted by Gasteiger charge is 2.63. The third-order valence-corrected chi connectivity index (χ3v) is 11.6. The van der Waals surface area contributed by atoms with E-state index in [0.29, 0.717) is 35.6 Å². The van der Waals surface area contributed by atoms with Gasteiger partial charge in [-0.25, -0.2) is 0 Å². The van der Waals surface area contributed by atoms with Crippen molar-refractivity contribution in [3.63, 3.8) is 0 Å². The van der Waals surface area contributed by atoms with Crippen molar-refractivity contribution in [1.29, 1.82) is 0 Å². The summed E-state index contributed by atoms with van der Waals surface area (Å²) in [6, 6.07) is 0. The molecule has 4 aliphatic rings. The molecule has 0 spiro atoms. The van der Waals surface area contributed by atoms with Crippen LogP contribution < -0.4 is 5.32 Å². The van der Waals surface area contributed by atoms with E-state index in [1.807, 2.05) is 0 Å². The monoisotopic (exact) mass is 477 g/mol. The molecule has 12 atom stereocenters. The van der Waals surface area contributed by atoms with Crippen LogP contribution in [-0.2, 0) is 4.79 Å². The number of aliphatic hydroxyl groups is 3. The van der Waals surface area contributed by atoms with E-state index in [1.165, 1.54) is 19.3 Å². The predicted molar refractivity (Wildman–Crippen MR) is 135 cm³/mol. The number of amides is 1. The number of nitrogens with one attached hydrogen (secondary N) is 1. The van der Waals surface area contributed by atoms with E-state index in [1.54, 1.807) is 6.92 Å². The average molecular weight is 478 g/mol. The Bertz CT molecular complexity index is 729. The standard InChI is InChI=1S/C29H51NO4/c1-17(16-30-19(3)31)6-9-25(33)18(2)27-26(34)15-24-22-8-7-20-14-21(32)10-12-28(20,4)23(22)11-13-29(24,27)5/h17-18,20-27,32-34H,6-16H2,1-5H3,(H,30,31). The quantitative estimate of drug-likeness (QED) is 0.434. The molecule has 4 rings (SSSR count). The van der Waals surface area contributed by atoms with Gasteiger partial charge in [0.25, 0.3) is 0 Å². The molecule has 5 heteroatoms. The molecular formula is C29H51NO4. The molecule has 12 unspecified atom stereocenters. The fourth-order valence-corrected chi connectivity index (χ4v) is 9.62. The average Bonchev–Trinajstić information content (AvgIpc) is 3.05. The van der Waals surface area contributed by atoms with Crippen LogP contribution in [0.3, 0.4) is 0 Å². The number of carbonyl (C=O) groups excluding carboxylic acids is 1. The largest absolute Gasteiger partial charge is 0.393 e. The third kappa shape index (κ3) is 4.70. The van der Waals surface area contributed by atoms with Crippen LogP contribution in [0.25, 0.3) is 0 Å². The Labute approximate surface area is 207 Å². The van der Waals surface area contributed by atoms with Crippen LogP contribution in [0.2, 0.25) is 0 Å². The number of hydrogen-bond donors (Lipinski definition) is 4. The second-order valence-electron chi connectivity index (χ2n) is 13.5. The van der Waals surface area contributed by atoms with Crippen molar-refractivity contribution < 1.29 is 20.1 Å². The zero-order valence-corrected chi connectivity index (χ0v) is 22.3. The fraction of sp³-hybridized carbons (Fsp3) is 0.966. The molecule has 0 aromatic heterocycles. The minimum Gasteiger partial charge on any atom is -0.393 e. The van der Waals surface area contributed by atoms with Crippen LogP contribution in [0.4, 0.5) is 0 Å². The lowest BCUT2D eigenvalue weighted by Gasteiger charge is -2.61. The summed E-state index contributed by atoms with van der Waals surface area (Å²) in [5, 5.41) is 35.7. The highest BCUT2D eigenvalue weighted by molar-refractivity contribution is 5.72. The Kier molecular flexibility index (Phi) is 7.78. The van der Waals surface area contributed by atoms with Gasteiger partial charge in [0.05, 0.1) is 18.3 Å². The molecule has 4 saturated carbocycles. The van der Waals surface area contributed by atoms with Crippen molar-refractivity contribution >= 4 is 5.91 Å². The highest BCUT2D eigenvalue weighted by Crippen LogP contribution is 2.68. The van der Waals surface area contributed by atoms with Gasteiger partial charge in [0.15, 0.2) is 0 Å². The lowest BCUT2D eigenvalue weighted by atomic mass is 9.44. The molecular weight excluding hydrogens is 426 g/mol. The van der Waals surface area contributed by atoms with Gasteiger partial charge < -0.3 is 20.6 Å². The van der Waals surface area contributed by atoms with Gasteiger partial charge in [-0.05, 0) is 116 Å². The molecule has 0 saturated heterocycles. The van der Waals surface area contributed by atoms with E-state index in [-0.39, 0.29) is 35.4 Å². The van der Waals surface area contributed by atoms with Crippen LogP contribution >= 0.6 is 0 Å². The summed E-state index contributed by atoms with van der Waals surface area (Å²) in [4.78, 5) is 11.2. The van der Waals surface area contributed by atoms with Crippen LogP contribution in [0.15, 0.2) is 0 Å². The van der Waals surface area contributed by atoms with E-state index in [4.69, 9.17) is 0 Å². The molecule has 4 N–H and O–H groups in total. The van der Waals surface area contributed by atoms with Gasteiger partial charge in [-0.2, -0.15) is 0 Å². The van der Waals surface area contributed by atoms with Gasteiger partial charge in [-0.3, -0.25) is 4.79 Å². The van der Waals surface area contributed by atoms with Crippen molar-refractivity contribution in [2.45, 2.75) is 117 Å². The van der Waals surface area contributed by atoms with Crippen molar-refractivity contribution in [2.75, 3.05) is 6.54 Å². The molecule has 196 valence electrons. The maximum Gasteiger partial charge on any atom is 0.216 e. The fourth-order valence-electron chi connectivity index (χ4n) is 9.62. The first-order chi connectivity index (χ1) is 16.0. The van der Waals surface area contributed by atoms with E-state index in [2.05, 4.69) is 33.0 Å². The van der Waals surface area contributed by atoms with E-state index < -0.39 is 6.10 Å². The molecule has 0 aromatic rings. The van der Waals surface area contributed by atoms with Crippen molar-refractivity contribution in [3.8, 4) is 0 Å². The molecule has 0 radical (unpaired) electrons. The molecule has 4 fully saturated rings. The lowest BCUT2D eigenvalue weighted by Crippen LogP contribution is -2.54. The first kappa shape index (κ1) is 26.4. The molecule has 0 aliphatic heterocycles. The van der Waals surface area contributed by atoms with Crippen molar-refractivity contribution in [1.82, 2.24) is 5.32 Å². The number of carbonyl (C=O) groups is 1. The summed E-state index contributed by atoms with van der Waals surface area (Å²) in [7, 11) is 0. The Balaban J connectivity index is 1.43. The summed E-state index contributed by atoms with van der Waals surface area (Å²) in [6.07, 6.45) is 9.60. The molecule has 0 aromatic carbocycles. The predicted octanol–water partition coefficient (Wildman–Crippen LogP) is 4.53. The Morgan fingerprint density at radius 1 is 0.971 bits per heavy atom. The van der Waals surface area contributed by atoms with E-state index in [9.17, 15) is 20.1 Å². The van der Waals surface area contributed by atoms with Crippen molar-refractivity contribution in [3.05, 3.63) is 0 Å². The van der Waals surface area contributed by atoms with Gasteiger partial charge in [0.2, 0.25) is 5.91 Å². The van der Waals surface area contributed by atoms with Gasteiger partial charge in [-0.1, -0.05) is 27.7 Å². The topological polar surface area (TPSA) is 89.8 Å². The summed E-state index contributed by atoms with van der Waals surface area (Å²) in [5.74, 6) is 3.16. The third-order valence-electron chi connectivity index (χ3n) is 11.6. The maximum atomic E-state index is 11.4. The molecule has 4 aliphatic carbocycles. The summed E-state index contributed by atoms with van der Waals surface area (Å²) >= 11 is 0. The van der Waals surface area contributed by atoms with Crippen molar-refractivity contribution in [2.24, 2.45) is 52.3 Å². The number of hydrogen-bond acceptors (Lipinski definition) is 4. The van der Waals surface area contributed by atoms with Crippen LogP contribution in [0.5, 0.6) is 0 Å². The lowest BCUT2D eigenvalue weighted by molar-refractivity contribution is -0.133. The minimum absolute atomic E-state index is 0.00304. The highest BCUT2D eigenvalue weighted by atomic mass is 16.3. The Morgan fingerprint density at radius 2 is 1.68 bits per heavy atom. The summed E-state index contributed by atoms with van der Waals surface area (Å²) < 4.78 is 0. The second-order valence-corrected chi connectivity index (χ2v) is 13.5. The summed E-state index contributed by atoms with van der Waals surface area (Å²) in [5.41, 5.74) is 0.446. The first-order valence-electron chi connectivity index (χ1n) is 14.3. The number of aliphatic hydroxyl groups excluding tert-OH is 3. The smallest absolute Gasteiger partial charge is 0.216 e. The second kappa shape index (κ2) is 10.0. The normalized spacial score (nSPS) is 46.5. The Hall–Kier alpha value is -0.650. The number of fused-ring (bicyclic) bond motifs is 5. The Morgan fingerprint density at radius 3 is 2.38 bits per heavy atom. The van der Waals surface area contributed by atoms with Crippen LogP contribution in [-0.4, -0.2) is 46.1 Å². The van der Waals surface area contributed by atoms with E-state index in [0.717, 1.165) is 50.9 Å². The molecule has 5 nitrogen and oxygen atoms in total. The molecule has 34 heavy (non-hydrogen) atoms. The minimum atomic E-state index is -0.416. The zero-order chi connectivity index (χ0) is 24.8. The van der Waals surface area contributed by atoms with Crippen LogP contribution in [0.1, 0.15) is 98.8 Å². The molecule has 0 bridgehead atoms. The van der Waals surface area contributed by atoms with Gasteiger partial charge in [0.1, 0.15) is 0 Å². The van der Waals surface area contributed by atoms with Crippen LogP contribution in [0, 0.1) is 52.3 Å². The maximum absolute atomic E-state index is 11.4. The molecule has 0 heterocycles. The SMILES string of the molecule is CC(=O)NCC(C)CCC(O)C(C)C1C(O)CC2C3CCC4CC(O)CCC4(C)C3CCC21C. The first-order valence-corrected chi connectivity index (χ1v) is 14.3. The van der Waals surface area contributed by atoms with Gasteiger partial charge >= 0.3 is 0 Å². The number of rotatable bonds is 7. The van der Waals surface area contributed by atoms with E-state index >= 15 is 0 Å². The zero-order valence-electron chi connectivity index (χ0n) is 22.3. The van der Waals surface area contributed by atoms with Gasteiger partial charge in [0, 0.05) is 13.5 Å². The summed E-state index contributed by atoms with van der Waals surface area (Å²) in [6.45, 7) is 11.4. The van der Waals surface area contributed by atoms with Gasteiger partial charge in [-0.15, -0.1) is 0 Å².